The van der Waals surface area contributed by atoms with Crippen LogP contribution >= 0.6 is 0 Å². The zero-order chi connectivity index (χ0) is 36.1. The Kier molecular flexibility index (Phi) is 9.18. The summed E-state index contributed by atoms with van der Waals surface area (Å²) in [6, 6.07) is 46.0. The number of benzene rings is 4. The van der Waals surface area contributed by atoms with Crippen LogP contribution in [0.3, 0.4) is 0 Å². The molecule has 4 aliphatic rings. The second-order valence-corrected chi connectivity index (χ2v) is 18.4. The largest absolute Gasteiger partial charge is 0.0758 e. The summed E-state index contributed by atoms with van der Waals surface area (Å²) >= 11 is 0. The van der Waals surface area contributed by atoms with Gasteiger partial charge < -0.3 is 0 Å². The van der Waals surface area contributed by atoms with Gasteiger partial charge in [0, 0.05) is 5.41 Å². The molecule has 0 saturated heterocycles. The highest BCUT2D eigenvalue weighted by Gasteiger charge is 2.60. The highest BCUT2D eigenvalue weighted by atomic mass is 14.6. The maximum absolute atomic E-state index is 2.81. The Balaban J connectivity index is 1.44. The SMILES string of the molecule is CC(C)(C)C1=CC2C3C=C(C(C)(C)C)C(c4ccccc4)=CC3C(C(Cc3ccccc3)(c3ccccc3)C3CCCC3)C2C=C1c1ccccc1. The smallest absolute Gasteiger partial charge is 0.00614 e. The van der Waals surface area contributed by atoms with Gasteiger partial charge in [0.05, 0.1) is 0 Å². The van der Waals surface area contributed by atoms with Gasteiger partial charge in [-0.25, -0.2) is 0 Å². The van der Waals surface area contributed by atoms with Crippen LogP contribution in [0.15, 0.2) is 157 Å². The van der Waals surface area contributed by atoms with Crippen LogP contribution in [-0.2, 0) is 11.8 Å². The fourth-order valence-electron chi connectivity index (χ4n) is 11.2. The van der Waals surface area contributed by atoms with Crippen molar-refractivity contribution in [1.29, 1.82) is 0 Å². The first kappa shape index (κ1) is 34.9. The van der Waals surface area contributed by atoms with E-state index in [4.69, 9.17) is 0 Å². The van der Waals surface area contributed by atoms with Gasteiger partial charge in [-0.1, -0.05) is 200 Å². The molecule has 0 heterocycles. The number of rotatable bonds is 7. The minimum atomic E-state index is -0.0157. The first-order valence-electron chi connectivity index (χ1n) is 20.1. The van der Waals surface area contributed by atoms with Crippen LogP contribution in [0.25, 0.3) is 11.1 Å². The van der Waals surface area contributed by atoms with Crippen molar-refractivity contribution in [3.8, 4) is 0 Å². The molecule has 0 nitrogen and oxygen atoms in total. The second kappa shape index (κ2) is 13.7. The quantitative estimate of drug-likeness (QED) is 0.182. The Bertz CT molecular complexity index is 1880. The van der Waals surface area contributed by atoms with E-state index in [1.54, 1.807) is 5.56 Å². The average Bonchev–Trinajstić information content (AvgIpc) is 3.81. The molecular weight excluding hydrogens is 625 g/mol. The molecule has 0 heteroatoms. The molecule has 52 heavy (non-hydrogen) atoms. The standard InChI is InChI=1S/C52H58/c1-50(2,3)47-33-43-44-34-48(51(4,5)6)42(38-25-15-9-16-26-38)32-46(44)49(45(43)31-41(47)37-23-13-8-14-24-37)52(40-29-19-20-30-40,39-27-17-10-18-28-39)35-36-21-11-7-12-22-36/h7-18,21-28,31-34,40,43-46,49H,19-20,29-30,35H2,1-6H3. The summed E-state index contributed by atoms with van der Waals surface area (Å²) in [6.07, 6.45) is 17.6. The summed E-state index contributed by atoms with van der Waals surface area (Å²) in [4.78, 5) is 0. The van der Waals surface area contributed by atoms with Crippen molar-refractivity contribution in [1.82, 2.24) is 0 Å². The van der Waals surface area contributed by atoms with Gasteiger partial charge in [0.15, 0.2) is 0 Å². The highest BCUT2D eigenvalue weighted by Crippen LogP contribution is 2.66. The van der Waals surface area contributed by atoms with Crippen LogP contribution in [-0.4, -0.2) is 0 Å². The van der Waals surface area contributed by atoms with E-state index in [1.807, 2.05) is 0 Å². The third kappa shape index (κ3) is 6.21. The molecule has 2 fully saturated rings. The Morgan fingerprint density at radius 2 is 0.865 bits per heavy atom. The zero-order valence-electron chi connectivity index (χ0n) is 32.4. The molecule has 0 radical (unpaired) electrons. The van der Waals surface area contributed by atoms with Crippen molar-refractivity contribution in [2.75, 3.05) is 0 Å². The topological polar surface area (TPSA) is 0 Å². The molecule has 2 saturated carbocycles. The lowest BCUT2D eigenvalue weighted by molar-refractivity contribution is 0.118. The Labute approximate surface area is 314 Å². The minimum absolute atomic E-state index is 0.0157. The molecule has 0 N–H and O–H groups in total. The van der Waals surface area contributed by atoms with Crippen LogP contribution in [0.2, 0.25) is 0 Å². The fourth-order valence-corrected chi connectivity index (χ4v) is 11.2. The normalized spacial score (nSPS) is 26.0. The first-order valence-corrected chi connectivity index (χ1v) is 20.1. The monoisotopic (exact) mass is 682 g/mol. The lowest BCUT2D eigenvalue weighted by atomic mass is 9.53. The molecule has 5 unspecified atom stereocenters. The van der Waals surface area contributed by atoms with Gasteiger partial charge >= 0.3 is 0 Å². The van der Waals surface area contributed by atoms with E-state index in [0.717, 1.165) is 6.42 Å². The number of fused-ring (bicyclic) bond motifs is 3. The lowest BCUT2D eigenvalue weighted by Crippen LogP contribution is -2.48. The summed E-state index contributed by atoms with van der Waals surface area (Å²) in [5.41, 5.74) is 11.7. The molecule has 4 aromatic carbocycles. The fraction of sp³-hybridized carbons (Fsp3) is 0.385. The van der Waals surface area contributed by atoms with Gasteiger partial charge in [-0.05, 0) is 110 Å². The van der Waals surface area contributed by atoms with E-state index < -0.39 is 0 Å². The Hall–Kier alpha value is -4.16. The lowest BCUT2D eigenvalue weighted by Gasteiger charge is -2.50. The molecule has 0 bridgehead atoms. The minimum Gasteiger partial charge on any atom is -0.0758 e. The van der Waals surface area contributed by atoms with Gasteiger partial charge in [0.1, 0.15) is 0 Å². The molecule has 0 aliphatic heterocycles. The molecule has 0 amide bonds. The van der Waals surface area contributed by atoms with Crippen molar-refractivity contribution >= 4 is 11.1 Å². The zero-order valence-corrected chi connectivity index (χ0v) is 32.4. The Morgan fingerprint density at radius 1 is 0.462 bits per heavy atom. The molecule has 0 aromatic heterocycles. The number of hydrogen-bond donors (Lipinski definition) is 0. The molecule has 0 spiro atoms. The Morgan fingerprint density at radius 3 is 1.29 bits per heavy atom. The maximum atomic E-state index is 2.81. The van der Waals surface area contributed by atoms with E-state index in [9.17, 15) is 0 Å². The molecule has 4 aliphatic carbocycles. The van der Waals surface area contributed by atoms with Crippen molar-refractivity contribution in [2.24, 2.45) is 46.3 Å². The van der Waals surface area contributed by atoms with Crippen LogP contribution in [0.4, 0.5) is 0 Å². The maximum Gasteiger partial charge on any atom is 0.00614 e. The molecule has 5 atom stereocenters. The molecule has 266 valence electrons. The molecular formula is C52H58. The van der Waals surface area contributed by atoms with E-state index in [2.05, 4.69) is 187 Å². The van der Waals surface area contributed by atoms with Crippen LogP contribution < -0.4 is 0 Å². The van der Waals surface area contributed by atoms with E-state index in [1.165, 1.54) is 64.7 Å². The summed E-state index contributed by atoms with van der Waals surface area (Å²) in [5, 5.41) is 0. The summed E-state index contributed by atoms with van der Waals surface area (Å²) in [7, 11) is 0. The third-order valence-electron chi connectivity index (χ3n) is 13.3. The highest BCUT2D eigenvalue weighted by molar-refractivity contribution is 5.84. The summed E-state index contributed by atoms with van der Waals surface area (Å²) in [6.45, 7) is 14.5. The van der Waals surface area contributed by atoms with Crippen molar-refractivity contribution < 1.29 is 0 Å². The summed E-state index contributed by atoms with van der Waals surface area (Å²) in [5.74, 6) is 2.74. The van der Waals surface area contributed by atoms with E-state index in [0.29, 0.717) is 35.5 Å². The van der Waals surface area contributed by atoms with Crippen LogP contribution in [0, 0.1) is 46.3 Å². The van der Waals surface area contributed by atoms with Gasteiger partial charge in [-0.3, -0.25) is 0 Å². The van der Waals surface area contributed by atoms with Crippen molar-refractivity contribution in [3.63, 3.8) is 0 Å². The average molecular weight is 683 g/mol. The van der Waals surface area contributed by atoms with E-state index >= 15 is 0 Å². The molecule has 8 rings (SSSR count). The van der Waals surface area contributed by atoms with E-state index in [-0.39, 0.29) is 16.2 Å². The second-order valence-electron chi connectivity index (χ2n) is 18.4. The van der Waals surface area contributed by atoms with Crippen molar-refractivity contribution in [3.05, 3.63) is 179 Å². The van der Waals surface area contributed by atoms with Gasteiger partial charge in [-0.15, -0.1) is 0 Å². The first-order chi connectivity index (χ1) is 25.1. The van der Waals surface area contributed by atoms with Crippen LogP contribution in [0.1, 0.15) is 89.5 Å². The van der Waals surface area contributed by atoms with Crippen molar-refractivity contribution in [2.45, 2.75) is 79.1 Å². The summed E-state index contributed by atoms with van der Waals surface area (Å²) < 4.78 is 0. The van der Waals surface area contributed by atoms with Gasteiger partial charge in [0.2, 0.25) is 0 Å². The predicted molar refractivity (Wildman–Crippen MR) is 222 cm³/mol. The molecule has 4 aromatic rings. The van der Waals surface area contributed by atoms with Gasteiger partial charge in [0.25, 0.3) is 0 Å². The predicted octanol–water partition coefficient (Wildman–Crippen LogP) is 13.6. The number of allylic oxidation sites excluding steroid dienone is 8. The van der Waals surface area contributed by atoms with Gasteiger partial charge in [-0.2, -0.15) is 0 Å². The number of hydrogen-bond acceptors (Lipinski definition) is 0. The van der Waals surface area contributed by atoms with Crippen LogP contribution in [0.5, 0.6) is 0 Å². The third-order valence-corrected chi connectivity index (χ3v) is 13.3.